The number of nitrogens with one attached hydrogen (secondary N) is 1. The summed E-state index contributed by atoms with van der Waals surface area (Å²) in [5.74, 6) is 0.843. The molecule has 27 heavy (non-hydrogen) atoms. The van der Waals surface area contributed by atoms with Gasteiger partial charge in [0.1, 0.15) is 5.82 Å². The van der Waals surface area contributed by atoms with Gasteiger partial charge in [-0.1, -0.05) is 40.2 Å². The summed E-state index contributed by atoms with van der Waals surface area (Å²) in [5.41, 5.74) is 4.36. The van der Waals surface area contributed by atoms with Crippen molar-refractivity contribution in [3.05, 3.63) is 71.2 Å². The largest absolute Gasteiger partial charge is 0.369 e. The van der Waals surface area contributed by atoms with E-state index in [0.717, 1.165) is 53.4 Å². The van der Waals surface area contributed by atoms with E-state index in [-0.39, 0.29) is 0 Å². The molecule has 5 heteroatoms. The summed E-state index contributed by atoms with van der Waals surface area (Å²) in [5, 5.41) is 3.42. The zero-order chi connectivity index (χ0) is 18.6. The maximum atomic E-state index is 4.76. The van der Waals surface area contributed by atoms with Crippen molar-refractivity contribution in [3.8, 4) is 11.3 Å². The maximum Gasteiger partial charge on any atom is 0.131 e. The van der Waals surface area contributed by atoms with Crippen LogP contribution in [0.3, 0.4) is 0 Å². The van der Waals surface area contributed by atoms with Crippen molar-refractivity contribution < 1.29 is 0 Å². The molecular weight excluding hydrogens is 400 g/mol. The highest BCUT2D eigenvalue weighted by molar-refractivity contribution is 9.10. The van der Waals surface area contributed by atoms with E-state index < -0.39 is 0 Å². The van der Waals surface area contributed by atoms with E-state index in [4.69, 9.17) is 4.98 Å². The Morgan fingerprint density at radius 2 is 1.59 bits per heavy atom. The fourth-order valence-electron chi connectivity index (χ4n) is 3.29. The van der Waals surface area contributed by atoms with E-state index in [1.165, 1.54) is 5.69 Å². The molecule has 1 saturated heterocycles. The quantitative estimate of drug-likeness (QED) is 0.640. The molecule has 4 rings (SSSR count). The Labute approximate surface area is 169 Å². The predicted octanol–water partition coefficient (Wildman–Crippen LogP) is 5.01. The highest BCUT2D eigenvalue weighted by Crippen LogP contribution is 2.28. The van der Waals surface area contributed by atoms with E-state index in [1.54, 1.807) is 0 Å². The molecule has 0 aliphatic carbocycles. The molecule has 2 heterocycles. The van der Waals surface area contributed by atoms with Gasteiger partial charge >= 0.3 is 0 Å². The summed E-state index contributed by atoms with van der Waals surface area (Å²) < 4.78 is 1.05. The summed E-state index contributed by atoms with van der Waals surface area (Å²) in [4.78, 5) is 9.57. The van der Waals surface area contributed by atoms with Gasteiger partial charge in [0, 0.05) is 47.6 Å². The van der Waals surface area contributed by atoms with Crippen LogP contribution < -0.4 is 10.2 Å². The van der Waals surface area contributed by atoms with Crippen LogP contribution in [0.4, 0.5) is 17.2 Å². The molecule has 138 valence electrons. The fraction of sp³-hybridized carbons (Fsp3) is 0.227. The van der Waals surface area contributed by atoms with E-state index in [2.05, 4.69) is 68.4 Å². The molecule has 2 aromatic carbocycles. The van der Waals surface area contributed by atoms with Crippen LogP contribution in [-0.2, 0) is 0 Å². The van der Waals surface area contributed by atoms with Gasteiger partial charge in [-0.15, -0.1) is 0 Å². The topological polar surface area (TPSA) is 31.4 Å². The molecule has 1 aliphatic rings. The lowest BCUT2D eigenvalue weighted by molar-refractivity contribution is 0.313. The number of aromatic nitrogens is 1. The first-order chi connectivity index (χ1) is 13.2. The van der Waals surface area contributed by atoms with Gasteiger partial charge in [0.15, 0.2) is 0 Å². The number of pyridine rings is 1. The molecule has 0 saturated carbocycles. The van der Waals surface area contributed by atoms with Crippen LogP contribution >= 0.6 is 15.9 Å². The number of benzene rings is 2. The smallest absolute Gasteiger partial charge is 0.131 e. The molecular formula is C22H23BrN4. The number of likely N-dealkylation sites (N-methyl/N-ethyl adjacent to an activating group) is 1. The maximum absolute atomic E-state index is 4.76. The number of piperazine rings is 1. The molecule has 0 radical (unpaired) electrons. The minimum Gasteiger partial charge on any atom is -0.369 e. The number of hydrogen-bond donors (Lipinski definition) is 1. The normalized spacial score (nSPS) is 15.0. The minimum atomic E-state index is 0.843. The SMILES string of the molecule is CN1CCN(c2ccc(Nc3cccc(-c4ccccc4Br)n3)cc2)CC1. The summed E-state index contributed by atoms with van der Waals surface area (Å²) >= 11 is 3.61. The molecule has 1 N–H and O–H groups in total. The Kier molecular flexibility index (Phi) is 5.41. The Morgan fingerprint density at radius 1 is 0.852 bits per heavy atom. The Hall–Kier alpha value is -2.37. The second-order valence-electron chi connectivity index (χ2n) is 6.85. The van der Waals surface area contributed by atoms with Crippen molar-refractivity contribution in [2.45, 2.75) is 0 Å². The zero-order valence-electron chi connectivity index (χ0n) is 15.4. The number of nitrogens with zero attached hydrogens (tertiary/aromatic N) is 3. The highest BCUT2D eigenvalue weighted by atomic mass is 79.9. The lowest BCUT2D eigenvalue weighted by Crippen LogP contribution is -2.44. The van der Waals surface area contributed by atoms with Gasteiger partial charge in [-0.25, -0.2) is 4.98 Å². The van der Waals surface area contributed by atoms with Crippen molar-refractivity contribution in [3.63, 3.8) is 0 Å². The summed E-state index contributed by atoms with van der Waals surface area (Å²) in [7, 11) is 2.18. The number of hydrogen-bond acceptors (Lipinski definition) is 4. The third-order valence-corrected chi connectivity index (χ3v) is 5.60. The second kappa shape index (κ2) is 8.11. The number of halogens is 1. The van der Waals surface area contributed by atoms with E-state index >= 15 is 0 Å². The van der Waals surface area contributed by atoms with Gasteiger partial charge in [0.05, 0.1) is 5.69 Å². The van der Waals surface area contributed by atoms with Gasteiger partial charge in [-0.05, 0) is 49.5 Å². The third kappa shape index (κ3) is 4.31. The first-order valence-electron chi connectivity index (χ1n) is 9.21. The standard InChI is InChI=1S/C22H23BrN4/c1-26-13-15-27(16-14-26)18-11-9-17(10-12-18)24-22-8-4-7-21(25-22)19-5-2-3-6-20(19)23/h2-12H,13-16H2,1H3,(H,24,25). The lowest BCUT2D eigenvalue weighted by atomic mass is 10.1. The highest BCUT2D eigenvalue weighted by Gasteiger charge is 2.14. The van der Waals surface area contributed by atoms with Gasteiger partial charge < -0.3 is 15.1 Å². The van der Waals surface area contributed by atoms with Crippen molar-refractivity contribution in [2.75, 3.05) is 43.4 Å². The zero-order valence-corrected chi connectivity index (χ0v) is 17.0. The summed E-state index contributed by atoms with van der Waals surface area (Å²) in [6.07, 6.45) is 0. The molecule has 0 bridgehead atoms. The van der Waals surface area contributed by atoms with Crippen molar-refractivity contribution >= 4 is 33.1 Å². The first-order valence-corrected chi connectivity index (χ1v) is 10.0. The van der Waals surface area contributed by atoms with Crippen LogP contribution in [-0.4, -0.2) is 43.1 Å². The molecule has 3 aromatic rings. The van der Waals surface area contributed by atoms with Crippen molar-refractivity contribution in [1.82, 2.24) is 9.88 Å². The average molecular weight is 423 g/mol. The van der Waals surface area contributed by atoms with Gasteiger partial charge in [-0.3, -0.25) is 0 Å². The first kappa shape index (κ1) is 18.0. The minimum absolute atomic E-state index is 0.843. The van der Waals surface area contributed by atoms with Crippen LogP contribution in [0.1, 0.15) is 0 Å². The number of anilines is 3. The number of rotatable bonds is 4. The molecule has 0 amide bonds. The van der Waals surface area contributed by atoms with Gasteiger partial charge in [0.25, 0.3) is 0 Å². The van der Waals surface area contributed by atoms with Crippen LogP contribution in [0.25, 0.3) is 11.3 Å². The fourth-order valence-corrected chi connectivity index (χ4v) is 3.78. The molecule has 4 nitrogen and oxygen atoms in total. The molecule has 0 spiro atoms. The van der Waals surface area contributed by atoms with Crippen LogP contribution in [0.2, 0.25) is 0 Å². The molecule has 1 aliphatic heterocycles. The summed E-state index contributed by atoms with van der Waals surface area (Å²) in [6.45, 7) is 4.40. The molecule has 1 aromatic heterocycles. The van der Waals surface area contributed by atoms with Gasteiger partial charge in [0.2, 0.25) is 0 Å². The lowest BCUT2D eigenvalue weighted by Gasteiger charge is -2.34. The van der Waals surface area contributed by atoms with E-state index in [0.29, 0.717) is 0 Å². The Morgan fingerprint density at radius 3 is 2.33 bits per heavy atom. The van der Waals surface area contributed by atoms with Crippen molar-refractivity contribution in [2.24, 2.45) is 0 Å². The predicted molar refractivity (Wildman–Crippen MR) is 117 cm³/mol. The van der Waals surface area contributed by atoms with Crippen LogP contribution in [0.15, 0.2) is 71.2 Å². The average Bonchev–Trinajstić information content (AvgIpc) is 2.70. The Balaban J connectivity index is 1.48. The third-order valence-electron chi connectivity index (χ3n) is 4.91. The van der Waals surface area contributed by atoms with E-state index in [1.807, 2.05) is 36.4 Å². The Bertz CT molecular complexity index is 902. The van der Waals surface area contributed by atoms with Crippen LogP contribution in [0, 0.1) is 0 Å². The summed E-state index contributed by atoms with van der Waals surface area (Å²) in [6, 6.07) is 22.8. The van der Waals surface area contributed by atoms with Gasteiger partial charge in [-0.2, -0.15) is 0 Å². The molecule has 1 fully saturated rings. The van der Waals surface area contributed by atoms with Crippen LogP contribution in [0.5, 0.6) is 0 Å². The van der Waals surface area contributed by atoms with Crippen molar-refractivity contribution in [1.29, 1.82) is 0 Å². The van der Waals surface area contributed by atoms with E-state index in [9.17, 15) is 0 Å². The molecule has 0 unspecified atom stereocenters. The monoisotopic (exact) mass is 422 g/mol. The second-order valence-corrected chi connectivity index (χ2v) is 7.70. The molecule has 0 atom stereocenters.